The highest BCUT2D eigenvalue weighted by Crippen LogP contribution is 2.39. The number of carbonyl (C=O) groups excluding carboxylic acids is 1. The first-order chi connectivity index (χ1) is 6.55. The number of hydrogen-bond acceptors (Lipinski definition) is 3. The Hall–Kier alpha value is -1.85. The van der Waals surface area contributed by atoms with E-state index < -0.39 is 29.3 Å². The summed E-state index contributed by atoms with van der Waals surface area (Å²) >= 11 is 0. The number of nitrogens with zero attached hydrogens (tertiary/aromatic N) is 1. The van der Waals surface area contributed by atoms with Crippen LogP contribution in [0.2, 0.25) is 0 Å². The number of nitrogens with two attached hydrogens (primary N) is 2. The number of primary amides is 1. The number of nitriles is 1. The van der Waals surface area contributed by atoms with Crippen LogP contribution in [0.3, 0.4) is 0 Å². The average Bonchev–Trinajstić information content (AvgIpc) is 2.02. The van der Waals surface area contributed by atoms with Crippen LogP contribution in [0.5, 0.6) is 0 Å². The van der Waals surface area contributed by atoms with E-state index in [1.54, 1.807) is 0 Å². The average molecular weight is 229 g/mol. The zero-order valence-corrected chi connectivity index (χ0v) is 6.90. The molecule has 0 saturated heterocycles. The zero-order chi connectivity index (χ0) is 12.4. The minimum absolute atomic E-state index is 0.780. The van der Waals surface area contributed by atoms with E-state index in [-0.39, 0.29) is 0 Å². The van der Waals surface area contributed by atoms with Crippen molar-refractivity contribution in [3.8, 4) is 6.07 Å². The van der Waals surface area contributed by atoms with Gasteiger partial charge in [-0.3, -0.25) is 4.79 Å². The second-order valence-electron chi connectivity index (χ2n) is 2.34. The van der Waals surface area contributed by atoms with Crippen molar-refractivity contribution in [2.24, 2.45) is 11.5 Å². The van der Waals surface area contributed by atoms with Crippen molar-refractivity contribution in [2.75, 3.05) is 0 Å². The van der Waals surface area contributed by atoms with Gasteiger partial charge in [0.15, 0.2) is 0 Å². The molecule has 0 aliphatic heterocycles. The maximum absolute atomic E-state index is 12.5. The molecule has 0 atom stereocenters. The number of alkyl halides is 5. The lowest BCUT2D eigenvalue weighted by Crippen LogP contribution is -2.43. The Morgan fingerprint density at radius 3 is 1.73 bits per heavy atom. The lowest BCUT2D eigenvalue weighted by molar-refractivity contribution is -0.264. The maximum atomic E-state index is 12.5. The summed E-state index contributed by atoms with van der Waals surface area (Å²) in [4.78, 5) is 10.3. The van der Waals surface area contributed by atoms with Gasteiger partial charge in [-0.1, -0.05) is 0 Å². The predicted octanol–water partition coefficient (Wildman–Crippen LogP) is 0.406. The van der Waals surface area contributed by atoms with E-state index >= 15 is 0 Å². The maximum Gasteiger partial charge on any atom is 0.459 e. The summed E-state index contributed by atoms with van der Waals surface area (Å²) in [7, 11) is 0. The van der Waals surface area contributed by atoms with E-state index in [0.717, 1.165) is 6.07 Å². The number of amides is 1. The highest BCUT2D eigenvalue weighted by atomic mass is 19.4. The SMILES string of the molecule is N#C/C(C(N)=O)=C(\N)C(F)(F)C(F)(F)F. The fourth-order valence-electron chi connectivity index (χ4n) is 0.558. The Balaban J connectivity index is 5.61. The first kappa shape index (κ1) is 13.2. The van der Waals surface area contributed by atoms with Crippen molar-refractivity contribution in [2.45, 2.75) is 12.1 Å². The van der Waals surface area contributed by atoms with Gasteiger partial charge in [-0.2, -0.15) is 27.2 Å². The number of halogens is 5. The van der Waals surface area contributed by atoms with Gasteiger partial charge in [0.1, 0.15) is 17.3 Å². The number of carbonyl (C=O) groups is 1. The minimum atomic E-state index is -5.99. The third kappa shape index (κ3) is 2.34. The summed E-state index contributed by atoms with van der Waals surface area (Å²) in [6.45, 7) is 0. The number of hydrogen-bond donors (Lipinski definition) is 2. The lowest BCUT2D eigenvalue weighted by Gasteiger charge is -2.20. The third-order valence-corrected chi connectivity index (χ3v) is 1.32. The molecule has 1 amide bonds. The quantitative estimate of drug-likeness (QED) is 0.408. The van der Waals surface area contributed by atoms with Gasteiger partial charge >= 0.3 is 12.1 Å². The van der Waals surface area contributed by atoms with Crippen molar-refractivity contribution in [1.29, 1.82) is 5.26 Å². The Bertz CT molecular complexity index is 351. The second kappa shape index (κ2) is 3.72. The summed E-state index contributed by atoms with van der Waals surface area (Å²) < 4.78 is 60.1. The molecule has 0 spiro atoms. The molecule has 4 nitrogen and oxygen atoms in total. The molecule has 4 N–H and O–H groups in total. The smallest absolute Gasteiger partial charge is 0.396 e. The predicted molar refractivity (Wildman–Crippen MR) is 37.0 cm³/mol. The van der Waals surface area contributed by atoms with Crippen molar-refractivity contribution in [3.63, 3.8) is 0 Å². The van der Waals surface area contributed by atoms with Gasteiger partial charge in [0.05, 0.1) is 0 Å². The molecule has 0 fully saturated rings. The molecule has 0 saturated carbocycles. The monoisotopic (exact) mass is 229 g/mol. The van der Waals surface area contributed by atoms with E-state index in [4.69, 9.17) is 5.26 Å². The van der Waals surface area contributed by atoms with Crippen molar-refractivity contribution < 1.29 is 26.7 Å². The highest BCUT2D eigenvalue weighted by molar-refractivity contribution is 5.96. The largest absolute Gasteiger partial charge is 0.459 e. The molecule has 0 rings (SSSR count). The van der Waals surface area contributed by atoms with Crippen molar-refractivity contribution in [1.82, 2.24) is 0 Å². The highest BCUT2D eigenvalue weighted by Gasteiger charge is 2.60. The molecular formula is C6H4F5N3O. The molecule has 0 aromatic rings. The minimum Gasteiger partial charge on any atom is -0.396 e. The number of rotatable bonds is 2. The van der Waals surface area contributed by atoms with Crippen LogP contribution < -0.4 is 11.5 Å². The molecule has 84 valence electrons. The first-order valence-electron chi connectivity index (χ1n) is 3.20. The molecule has 0 heterocycles. The van der Waals surface area contributed by atoms with Gasteiger partial charge in [-0.15, -0.1) is 0 Å². The Labute approximate surface area is 79.9 Å². The molecule has 0 bridgehead atoms. The molecule has 0 aromatic carbocycles. The molecule has 0 unspecified atom stereocenters. The fourth-order valence-corrected chi connectivity index (χ4v) is 0.558. The van der Waals surface area contributed by atoms with Crippen LogP contribution in [-0.4, -0.2) is 18.0 Å². The van der Waals surface area contributed by atoms with Crippen molar-refractivity contribution >= 4 is 5.91 Å². The summed E-state index contributed by atoms with van der Waals surface area (Å²) in [5, 5.41) is 8.11. The summed E-state index contributed by atoms with van der Waals surface area (Å²) in [5.41, 5.74) is 4.95. The topological polar surface area (TPSA) is 92.9 Å². The van der Waals surface area contributed by atoms with Gasteiger partial charge in [0, 0.05) is 0 Å². The molecule has 0 aliphatic carbocycles. The van der Waals surface area contributed by atoms with Gasteiger partial charge in [0.25, 0.3) is 5.91 Å². The van der Waals surface area contributed by atoms with E-state index in [1.807, 2.05) is 0 Å². The van der Waals surface area contributed by atoms with Gasteiger partial charge in [-0.25, -0.2) is 0 Å². The van der Waals surface area contributed by atoms with Crippen LogP contribution in [0.25, 0.3) is 0 Å². The van der Waals surface area contributed by atoms with E-state index in [9.17, 15) is 26.7 Å². The Morgan fingerprint density at radius 1 is 1.13 bits per heavy atom. The van der Waals surface area contributed by atoms with Crippen LogP contribution in [-0.2, 0) is 4.79 Å². The molecule has 9 heteroatoms. The Kier molecular flexibility index (Phi) is 3.26. The molecule has 15 heavy (non-hydrogen) atoms. The number of allylic oxidation sites excluding steroid dienone is 1. The van der Waals surface area contributed by atoms with E-state index in [2.05, 4.69) is 11.5 Å². The first-order valence-corrected chi connectivity index (χ1v) is 3.20. The standard InChI is InChI=1S/C6H4F5N3O/c7-5(8,6(9,10)11)3(13)2(1-12)4(14)15/h13H2,(H2,14,15)/b3-2+. The van der Waals surface area contributed by atoms with E-state index in [0.29, 0.717) is 0 Å². The summed E-state index contributed by atoms with van der Waals surface area (Å²) in [6.07, 6.45) is -5.99. The molecular weight excluding hydrogens is 225 g/mol. The van der Waals surface area contributed by atoms with Crippen LogP contribution in [0, 0.1) is 11.3 Å². The summed E-state index contributed by atoms with van der Waals surface area (Å²) in [5.74, 6) is -7.22. The van der Waals surface area contributed by atoms with Gasteiger partial charge in [0.2, 0.25) is 0 Å². The molecule has 0 aromatic heterocycles. The van der Waals surface area contributed by atoms with Gasteiger partial charge in [-0.05, 0) is 0 Å². The van der Waals surface area contributed by atoms with Gasteiger partial charge < -0.3 is 11.5 Å². The third-order valence-electron chi connectivity index (χ3n) is 1.32. The molecule has 0 radical (unpaired) electrons. The second-order valence-corrected chi connectivity index (χ2v) is 2.34. The van der Waals surface area contributed by atoms with Crippen molar-refractivity contribution in [3.05, 3.63) is 11.3 Å². The van der Waals surface area contributed by atoms with Crippen LogP contribution in [0.4, 0.5) is 22.0 Å². The lowest BCUT2D eigenvalue weighted by atomic mass is 10.1. The summed E-state index contributed by atoms with van der Waals surface area (Å²) in [6, 6.07) is 0.780. The fraction of sp³-hybridized carbons (Fsp3) is 0.333. The van der Waals surface area contributed by atoms with Crippen LogP contribution >= 0.6 is 0 Å². The van der Waals surface area contributed by atoms with Crippen LogP contribution in [0.1, 0.15) is 0 Å². The zero-order valence-electron chi connectivity index (χ0n) is 6.90. The Morgan fingerprint density at radius 2 is 1.53 bits per heavy atom. The van der Waals surface area contributed by atoms with E-state index in [1.165, 1.54) is 0 Å². The normalized spacial score (nSPS) is 14.1. The molecule has 0 aliphatic rings. The van der Waals surface area contributed by atoms with Crippen LogP contribution in [0.15, 0.2) is 11.3 Å².